The van der Waals surface area contributed by atoms with Gasteiger partial charge in [-0.3, -0.25) is 4.79 Å². The summed E-state index contributed by atoms with van der Waals surface area (Å²) in [6, 6.07) is 0. The zero-order valence-corrected chi connectivity index (χ0v) is 13.1. The molecule has 0 fully saturated rings. The molecule has 0 saturated carbocycles. The van der Waals surface area contributed by atoms with Crippen LogP contribution in [0.1, 0.15) is 64.7 Å². The van der Waals surface area contributed by atoms with Crippen LogP contribution in [-0.4, -0.2) is 13.1 Å². The van der Waals surface area contributed by atoms with Crippen LogP contribution in [-0.2, 0) is 9.53 Å². The molecule has 0 radical (unpaired) electrons. The summed E-state index contributed by atoms with van der Waals surface area (Å²) in [5.41, 5.74) is 0. The minimum absolute atomic E-state index is 0.0901. The predicted molar refractivity (Wildman–Crippen MR) is 86.7 cm³/mol. The highest BCUT2D eigenvalue weighted by Gasteiger charge is 1.98. The van der Waals surface area contributed by atoms with Gasteiger partial charge in [-0.1, -0.05) is 69.1 Å². The molecule has 0 bridgehead atoms. The van der Waals surface area contributed by atoms with Gasteiger partial charge >= 0.3 is 5.97 Å². The van der Waals surface area contributed by atoms with Crippen molar-refractivity contribution in [2.45, 2.75) is 64.7 Å². The van der Waals surface area contributed by atoms with Crippen LogP contribution in [0.3, 0.4) is 0 Å². The zero-order valence-electron chi connectivity index (χ0n) is 13.1. The summed E-state index contributed by atoms with van der Waals surface area (Å²) in [6.45, 7) is 2.18. The van der Waals surface area contributed by atoms with Crippen LogP contribution in [0.25, 0.3) is 0 Å². The first-order valence-corrected chi connectivity index (χ1v) is 7.86. The van der Waals surface area contributed by atoms with Gasteiger partial charge in [-0.15, -0.1) is 0 Å². The maximum atomic E-state index is 10.9. The first-order valence-electron chi connectivity index (χ1n) is 7.86. The Morgan fingerprint density at radius 1 is 0.850 bits per heavy atom. The van der Waals surface area contributed by atoms with E-state index in [0.717, 1.165) is 25.7 Å². The topological polar surface area (TPSA) is 26.3 Å². The summed E-state index contributed by atoms with van der Waals surface area (Å²) in [5.74, 6) is -0.0901. The number of allylic oxidation sites excluding steroid dienone is 6. The largest absolute Gasteiger partial charge is 0.469 e. The van der Waals surface area contributed by atoms with Crippen molar-refractivity contribution in [3.63, 3.8) is 0 Å². The summed E-state index contributed by atoms with van der Waals surface area (Å²) in [7, 11) is 1.45. The van der Waals surface area contributed by atoms with Gasteiger partial charge in [0, 0.05) is 6.42 Å². The molecule has 0 heterocycles. The van der Waals surface area contributed by atoms with Gasteiger partial charge in [0.25, 0.3) is 0 Å². The Hall–Kier alpha value is -1.31. The molecule has 0 aliphatic heterocycles. The number of hydrogen-bond donors (Lipinski definition) is 0. The lowest BCUT2D eigenvalue weighted by atomic mass is 10.1. The van der Waals surface area contributed by atoms with Crippen LogP contribution in [0.5, 0.6) is 0 Å². The van der Waals surface area contributed by atoms with Crippen molar-refractivity contribution in [1.82, 2.24) is 0 Å². The molecule has 2 nitrogen and oxygen atoms in total. The number of ether oxygens (including phenoxy) is 1. The second-order valence-corrected chi connectivity index (χ2v) is 4.91. The summed E-state index contributed by atoms with van der Waals surface area (Å²) in [6.07, 6.45) is 22.6. The number of carbonyl (C=O) groups excluding carboxylic acids is 1. The van der Waals surface area contributed by atoms with Gasteiger partial charge in [0.1, 0.15) is 0 Å². The Kier molecular flexibility index (Phi) is 14.7. The van der Waals surface area contributed by atoms with E-state index < -0.39 is 0 Å². The molecule has 0 N–H and O–H groups in total. The van der Waals surface area contributed by atoms with Gasteiger partial charge in [0.05, 0.1) is 7.11 Å². The van der Waals surface area contributed by atoms with Gasteiger partial charge in [0.15, 0.2) is 0 Å². The number of rotatable bonds is 12. The van der Waals surface area contributed by atoms with Crippen molar-refractivity contribution >= 4 is 5.97 Å². The lowest BCUT2D eigenvalue weighted by Gasteiger charge is -1.99. The van der Waals surface area contributed by atoms with E-state index in [1.165, 1.54) is 32.8 Å². The summed E-state index contributed by atoms with van der Waals surface area (Å²) in [5, 5.41) is 0. The number of hydrogen-bond acceptors (Lipinski definition) is 2. The Morgan fingerprint density at radius 2 is 1.45 bits per heavy atom. The normalized spacial score (nSPS) is 11.9. The van der Waals surface area contributed by atoms with E-state index in [4.69, 9.17) is 0 Å². The predicted octanol–water partition coefficient (Wildman–Crippen LogP) is 5.36. The Balaban J connectivity index is 3.29. The second kappa shape index (κ2) is 15.7. The van der Waals surface area contributed by atoms with Crippen LogP contribution >= 0.6 is 0 Å². The molecular weight excluding hydrogens is 248 g/mol. The highest BCUT2D eigenvalue weighted by molar-refractivity contribution is 5.68. The van der Waals surface area contributed by atoms with E-state index in [2.05, 4.69) is 48.1 Å². The van der Waals surface area contributed by atoms with Crippen LogP contribution in [0.15, 0.2) is 36.5 Å². The fourth-order valence-electron chi connectivity index (χ4n) is 1.81. The minimum atomic E-state index is -0.0901. The highest BCUT2D eigenvalue weighted by Crippen LogP contribution is 2.08. The maximum absolute atomic E-state index is 10.9. The van der Waals surface area contributed by atoms with Gasteiger partial charge < -0.3 is 4.74 Å². The smallest absolute Gasteiger partial charge is 0.305 e. The summed E-state index contributed by atoms with van der Waals surface area (Å²) >= 11 is 0. The lowest BCUT2D eigenvalue weighted by Crippen LogP contribution is -1.98. The Bertz CT molecular complexity index is 301. The van der Waals surface area contributed by atoms with Crippen LogP contribution in [0.2, 0.25) is 0 Å². The highest BCUT2D eigenvalue weighted by atomic mass is 16.5. The number of esters is 1. The molecule has 0 rings (SSSR count). The first kappa shape index (κ1) is 18.7. The molecule has 0 unspecified atom stereocenters. The lowest BCUT2D eigenvalue weighted by molar-refractivity contribution is -0.140. The van der Waals surface area contributed by atoms with E-state index >= 15 is 0 Å². The molecule has 114 valence electrons. The van der Waals surface area contributed by atoms with Crippen molar-refractivity contribution < 1.29 is 9.53 Å². The number of methoxy groups -OCH3 is 1. The van der Waals surface area contributed by atoms with Crippen molar-refractivity contribution in [2.24, 2.45) is 0 Å². The molecule has 0 atom stereocenters. The van der Waals surface area contributed by atoms with E-state index in [-0.39, 0.29) is 5.97 Å². The third-order valence-electron chi connectivity index (χ3n) is 3.04. The molecule has 0 aliphatic carbocycles. The molecule has 0 aromatic carbocycles. The average molecular weight is 278 g/mol. The van der Waals surface area contributed by atoms with Gasteiger partial charge in [-0.25, -0.2) is 0 Å². The molecule has 0 saturated heterocycles. The number of carbonyl (C=O) groups is 1. The average Bonchev–Trinajstić information content (AvgIpc) is 2.47. The third kappa shape index (κ3) is 14.7. The van der Waals surface area contributed by atoms with E-state index in [0.29, 0.717) is 6.42 Å². The zero-order chi connectivity index (χ0) is 14.9. The van der Waals surface area contributed by atoms with E-state index in [9.17, 15) is 4.79 Å². The number of unbranched alkanes of at least 4 members (excludes halogenated alkanes) is 6. The Labute approximate surface area is 124 Å². The molecule has 2 heteroatoms. The molecular formula is C18H30O2. The second-order valence-electron chi connectivity index (χ2n) is 4.91. The third-order valence-corrected chi connectivity index (χ3v) is 3.04. The van der Waals surface area contributed by atoms with Crippen LogP contribution < -0.4 is 0 Å². The van der Waals surface area contributed by atoms with Crippen molar-refractivity contribution in [2.75, 3.05) is 7.11 Å². The molecule has 0 spiro atoms. The minimum Gasteiger partial charge on any atom is -0.469 e. The fraction of sp³-hybridized carbons (Fsp3) is 0.611. The fourth-order valence-corrected chi connectivity index (χ4v) is 1.81. The van der Waals surface area contributed by atoms with Crippen LogP contribution in [0.4, 0.5) is 0 Å². The molecule has 0 amide bonds. The standard InChI is InChI=1S/C18H30O2/c1-3-4-5-6-7-8-9-10-11-12-13-14-15-16-17-18(19)20-2/h5-10H,3-4,11-17H2,1-2H3/b6-5+,8-7+,10-9+. The Morgan fingerprint density at radius 3 is 2.10 bits per heavy atom. The quantitative estimate of drug-likeness (QED) is 0.273. The molecule has 20 heavy (non-hydrogen) atoms. The van der Waals surface area contributed by atoms with E-state index in [1.807, 2.05) is 0 Å². The van der Waals surface area contributed by atoms with Crippen molar-refractivity contribution in [3.8, 4) is 0 Å². The summed E-state index contributed by atoms with van der Waals surface area (Å²) in [4.78, 5) is 10.9. The SMILES string of the molecule is CCC/C=C/C=C/C=C/CCCCCCCC(=O)OC. The van der Waals surface area contributed by atoms with Crippen LogP contribution in [0, 0.1) is 0 Å². The van der Waals surface area contributed by atoms with E-state index in [1.54, 1.807) is 0 Å². The summed E-state index contributed by atoms with van der Waals surface area (Å²) < 4.78 is 4.60. The van der Waals surface area contributed by atoms with Crippen molar-refractivity contribution in [3.05, 3.63) is 36.5 Å². The van der Waals surface area contributed by atoms with Gasteiger partial charge in [-0.05, 0) is 25.7 Å². The maximum Gasteiger partial charge on any atom is 0.305 e. The van der Waals surface area contributed by atoms with Gasteiger partial charge in [-0.2, -0.15) is 0 Å². The molecule has 0 aromatic heterocycles. The molecule has 0 aromatic rings. The molecule has 0 aliphatic rings. The van der Waals surface area contributed by atoms with Crippen molar-refractivity contribution in [1.29, 1.82) is 0 Å². The van der Waals surface area contributed by atoms with Gasteiger partial charge in [0.2, 0.25) is 0 Å². The monoisotopic (exact) mass is 278 g/mol. The first-order chi connectivity index (χ1) is 9.81.